The summed E-state index contributed by atoms with van der Waals surface area (Å²) in [7, 11) is 2.35. The maximum absolute atomic E-state index is 13.3. The van der Waals surface area contributed by atoms with Gasteiger partial charge in [-0.15, -0.1) is 0 Å². The highest BCUT2D eigenvalue weighted by molar-refractivity contribution is 6.03. The minimum Gasteiger partial charge on any atom is -0.466 e. The van der Waals surface area contributed by atoms with Crippen LogP contribution < -0.4 is 4.90 Å². The number of carbonyl (C=O) groups is 2. The molecule has 30 heavy (non-hydrogen) atoms. The number of alkyl halides is 3. The largest absolute Gasteiger partial charge is 0.466 e. The second-order valence-corrected chi connectivity index (χ2v) is 6.31. The van der Waals surface area contributed by atoms with Crippen LogP contribution in [-0.4, -0.2) is 39.5 Å². The third-order valence-electron chi connectivity index (χ3n) is 4.56. The van der Waals surface area contributed by atoms with Crippen molar-refractivity contribution in [3.05, 3.63) is 65.4 Å². The number of ether oxygens (including phenoxy) is 3. The molecule has 1 aliphatic heterocycles. The lowest BCUT2D eigenvalue weighted by Gasteiger charge is -2.31. The molecule has 0 unspecified atom stereocenters. The Morgan fingerprint density at radius 2 is 1.60 bits per heavy atom. The van der Waals surface area contributed by atoms with Crippen LogP contribution in [0.1, 0.15) is 5.56 Å². The first-order chi connectivity index (χ1) is 14.3. The van der Waals surface area contributed by atoms with Gasteiger partial charge in [-0.3, -0.25) is 0 Å². The van der Waals surface area contributed by atoms with E-state index in [1.165, 1.54) is 61.6 Å². The highest BCUT2D eigenvalue weighted by Gasteiger charge is 2.34. The molecule has 0 fully saturated rings. The van der Waals surface area contributed by atoms with E-state index in [9.17, 15) is 22.8 Å². The molecule has 9 heteroatoms. The second-order valence-electron chi connectivity index (χ2n) is 6.31. The predicted octanol–water partition coefficient (Wildman–Crippen LogP) is 3.77. The van der Waals surface area contributed by atoms with Crippen molar-refractivity contribution in [3.8, 4) is 11.1 Å². The quantitative estimate of drug-likeness (QED) is 0.701. The fourth-order valence-corrected chi connectivity index (χ4v) is 3.15. The van der Waals surface area contributed by atoms with Gasteiger partial charge in [0.05, 0.1) is 32.0 Å². The van der Waals surface area contributed by atoms with Crippen molar-refractivity contribution in [3.63, 3.8) is 0 Å². The summed E-state index contributed by atoms with van der Waals surface area (Å²) in [6, 6.07) is 11.3. The summed E-state index contributed by atoms with van der Waals surface area (Å²) in [5.41, 5.74) is 0.0138. The van der Waals surface area contributed by atoms with Gasteiger partial charge in [0, 0.05) is 5.69 Å². The minimum atomic E-state index is -4.49. The lowest BCUT2D eigenvalue weighted by molar-refractivity contribution is -0.140. The van der Waals surface area contributed by atoms with E-state index in [1.807, 2.05) is 0 Å². The van der Waals surface area contributed by atoms with Gasteiger partial charge >= 0.3 is 18.1 Å². The molecular weight excluding hydrogens is 403 g/mol. The van der Waals surface area contributed by atoms with Gasteiger partial charge in [-0.1, -0.05) is 30.3 Å². The Morgan fingerprint density at radius 3 is 2.20 bits per heavy atom. The molecule has 0 saturated heterocycles. The van der Waals surface area contributed by atoms with Crippen molar-refractivity contribution in [1.29, 1.82) is 0 Å². The van der Waals surface area contributed by atoms with Gasteiger partial charge in [0.1, 0.15) is 12.4 Å². The maximum Gasteiger partial charge on any atom is 0.417 e. The lowest BCUT2D eigenvalue weighted by atomic mass is 9.99. The van der Waals surface area contributed by atoms with Gasteiger partial charge in [-0.25, -0.2) is 9.59 Å². The van der Waals surface area contributed by atoms with E-state index in [-0.39, 0.29) is 30.2 Å². The summed E-state index contributed by atoms with van der Waals surface area (Å²) in [4.78, 5) is 25.8. The standard InChI is InChI=1S/C21H18F3NO5/c1-28-19(26)16-11-30-12-25(18(16)20(27)29-2)14-9-7-13(8-10-14)15-5-3-4-6-17(15)21(22,23)24/h3-10H,11-12H2,1-2H3. The summed E-state index contributed by atoms with van der Waals surface area (Å²) in [5, 5.41) is 0. The average Bonchev–Trinajstić information content (AvgIpc) is 2.77. The van der Waals surface area contributed by atoms with Crippen LogP contribution >= 0.6 is 0 Å². The molecule has 1 aliphatic rings. The molecule has 0 aliphatic carbocycles. The number of halogens is 3. The van der Waals surface area contributed by atoms with Crippen molar-refractivity contribution >= 4 is 17.6 Å². The Labute approximate surface area is 170 Å². The fourth-order valence-electron chi connectivity index (χ4n) is 3.15. The average molecular weight is 421 g/mol. The molecule has 0 saturated carbocycles. The summed E-state index contributed by atoms with van der Waals surface area (Å²) in [6.45, 7) is -0.186. The molecule has 1 heterocycles. The highest BCUT2D eigenvalue weighted by Crippen LogP contribution is 2.37. The van der Waals surface area contributed by atoms with Gasteiger partial charge in [0.15, 0.2) is 0 Å². The SMILES string of the molecule is COC(=O)C1=C(C(=O)OC)N(c2ccc(-c3ccccc3C(F)(F)F)cc2)COC1. The fraction of sp³-hybridized carbons (Fsp3) is 0.238. The van der Waals surface area contributed by atoms with Crippen molar-refractivity contribution in [2.24, 2.45) is 0 Å². The number of nitrogens with zero attached hydrogens (tertiary/aromatic N) is 1. The zero-order valence-electron chi connectivity index (χ0n) is 16.2. The van der Waals surface area contributed by atoms with E-state index < -0.39 is 23.7 Å². The Morgan fingerprint density at radius 1 is 0.967 bits per heavy atom. The van der Waals surface area contributed by atoms with E-state index in [4.69, 9.17) is 14.2 Å². The zero-order chi connectivity index (χ0) is 21.9. The summed E-state index contributed by atoms with van der Waals surface area (Å²) >= 11 is 0. The van der Waals surface area contributed by atoms with Gasteiger partial charge in [-0.05, 0) is 29.3 Å². The molecule has 0 N–H and O–H groups in total. The van der Waals surface area contributed by atoms with Crippen LogP contribution in [0.15, 0.2) is 59.8 Å². The van der Waals surface area contributed by atoms with Crippen LogP contribution in [0.4, 0.5) is 18.9 Å². The molecule has 2 aromatic carbocycles. The molecule has 158 valence electrons. The Hall–Kier alpha value is -3.33. The van der Waals surface area contributed by atoms with Crippen molar-refractivity contribution in [1.82, 2.24) is 0 Å². The van der Waals surface area contributed by atoms with E-state index in [1.54, 1.807) is 0 Å². The van der Waals surface area contributed by atoms with Crippen LogP contribution in [-0.2, 0) is 30.0 Å². The summed E-state index contributed by atoms with van der Waals surface area (Å²) in [6.07, 6.45) is -4.49. The third kappa shape index (κ3) is 4.16. The maximum atomic E-state index is 13.3. The molecular formula is C21H18F3NO5. The molecule has 0 spiro atoms. The predicted molar refractivity (Wildman–Crippen MR) is 101 cm³/mol. The molecule has 0 amide bonds. The van der Waals surface area contributed by atoms with Crippen molar-refractivity contribution in [2.75, 3.05) is 32.5 Å². The number of hydrogen-bond donors (Lipinski definition) is 0. The van der Waals surface area contributed by atoms with E-state index >= 15 is 0 Å². The van der Waals surface area contributed by atoms with Crippen LogP contribution in [0, 0.1) is 0 Å². The normalized spacial score (nSPS) is 14.5. The first-order valence-corrected chi connectivity index (χ1v) is 8.79. The number of benzene rings is 2. The van der Waals surface area contributed by atoms with Gasteiger partial charge in [0.25, 0.3) is 0 Å². The zero-order valence-corrected chi connectivity index (χ0v) is 16.2. The molecule has 0 aromatic heterocycles. The van der Waals surface area contributed by atoms with Gasteiger partial charge in [0.2, 0.25) is 0 Å². The number of anilines is 1. The molecule has 6 nitrogen and oxygen atoms in total. The summed E-state index contributed by atoms with van der Waals surface area (Å²) in [5.74, 6) is -1.50. The van der Waals surface area contributed by atoms with Crippen LogP contribution in [0.2, 0.25) is 0 Å². The number of hydrogen-bond acceptors (Lipinski definition) is 6. The first-order valence-electron chi connectivity index (χ1n) is 8.79. The van der Waals surface area contributed by atoms with Crippen molar-refractivity contribution in [2.45, 2.75) is 6.18 Å². The topological polar surface area (TPSA) is 65.1 Å². The minimum absolute atomic E-state index is 0.0120. The Kier molecular flexibility index (Phi) is 6.12. The van der Waals surface area contributed by atoms with Crippen molar-refractivity contribution < 1.29 is 37.0 Å². The van der Waals surface area contributed by atoms with E-state index in [0.717, 1.165) is 6.07 Å². The van der Waals surface area contributed by atoms with Crippen LogP contribution in [0.25, 0.3) is 11.1 Å². The third-order valence-corrected chi connectivity index (χ3v) is 4.56. The molecule has 3 rings (SSSR count). The molecule has 0 radical (unpaired) electrons. The van der Waals surface area contributed by atoms with Gasteiger partial charge in [-0.2, -0.15) is 13.2 Å². The lowest BCUT2D eigenvalue weighted by Crippen LogP contribution is -2.38. The second kappa shape index (κ2) is 8.58. The number of methoxy groups -OCH3 is 2. The molecule has 0 atom stereocenters. The Bertz CT molecular complexity index is 983. The number of rotatable bonds is 4. The highest BCUT2D eigenvalue weighted by atomic mass is 19.4. The number of esters is 2. The monoisotopic (exact) mass is 421 g/mol. The Balaban J connectivity index is 2.02. The van der Waals surface area contributed by atoms with E-state index in [2.05, 4.69) is 0 Å². The van der Waals surface area contributed by atoms with Gasteiger partial charge < -0.3 is 19.1 Å². The van der Waals surface area contributed by atoms with Crippen LogP contribution in [0.3, 0.4) is 0 Å². The number of carbonyl (C=O) groups excluding carboxylic acids is 2. The van der Waals surface area contributed by atoms with E-state index in [0.29, 0.717) is 11.3 Å². The smallest absolute Gasteiger partial charge is 0.417 e. The summed E-state index contributed by atoms with van der Waals surface area (Å²) < 4.78 is 54.8. The molecule has 0 bridgehead atoms. The molecule has 2 aromatic rings. The van der Waals surface area contributed by atoms with Crippen LogP contribution in [0.5, 0.6) is 0 Å². The first kappa shape index (κ1) is 21.4.